The smallest absolute Gasteiger partial charge is 0.278 e. The first kappa shape index (κ1) is 25.0. The number of aromatic hydroxyl groups is 1. The minimum Gasteiger partial charge on any atom is -0.502 e. The first-order valence-corrected chi connectivity index (χ1v) is 14.1. The second-order valence-corrected chi connectivity index (χ2v) is 11.3. The van der Waals surface area contributed by atoms with Crippen molar-refractivity contribution in [3.8, 4) is 5.75 Å². The SMILES string of the molecule is CCCCC1CCN2C(=O)c3c(O)c(=O)ccn3N(C3c4cc(F)c(F)cc4CSc4ccccc43)C2C1. The number of aromatic nitrogens is 1. The van der Waals surface area contributed by atoms with Gasteiger partial charge in [0.05, 0.1) is 6.04 Å². The Hall–Kier alpha value is -3.33. The third-order valence-electron chi connectivity index (χ3n) is 8.06. The number of thioether (sulfide) groups is 1. The Bertz CT molecular complexity index is 1480. The van der Waals surface area contributed by atoms with Crippen molar-refractivity contribution in [1.29, 1.82) is 0 Å². The summed E-state index contributed by atoms with van der Waals surface area (Å²) in [7, 11) is 0. The van der Waals surface area contributed by atoms with Crippen LogP contribution >= 0.6 is 11.8 Å². The second kappa shape index (κ2) is 9.76. The van der Waals surface area contributed by atoms with Crippen molar-refractivity contribution in [3.05, 3.63) is 92.9 Å². The molecule has 2 aromatic carbocycles. The largest absolute Gasteiger partial charge is 0.502 e. The topological polar surface area (TPSA) is 65.8 Å². The molecule has 3 aromatic rings. The molecule has 4 heterocycles. The molecule has 1 N–H and O–H groups in total. The van der Waals surface area contributed by atoms with Crippen molar-refractivity contribution in [2.45, 2.75) is 61.9 Å². The predicted molar refractivity (Wildman–Crippen MR) is 142 cm³/mol. The molecule has 9 heteroatoms. The van der Waals surface area contributed by atoms with E-state index >= 15 is 0 Å². The third-order valence-corrected chi connectivity index (χ3v) is 9.20. The summed E-state index contributed by atoms with van der Waals surface area (Å²) in [6.45, 7) is 2.65. The monoisotopic (exact) mass is 537 g/mol. The summed E-state index contributed by atoms with van der Waals surface area (Å²) >= 11 is 1.56. The van der Waals surface area contributed by atoms with Gasteiger partial charge in [0, 0.05) is 29.5 Å². The van der Waals surface area contributed by atoms with Crippen molar-refractivity contribution in [2.24, 2.45) is 5.92 Å². The van der Waals surface area contributed by atoms with Crippen LogP contribution in [0.2, 0.25) is 0 Å². The van der Waals surface area contributed by atoms with E-state index in [-0.39, 0.29) is 5.69 Å². The molecule has 0 radical (unpaired) electrons. The summed E-state index contributed by atoms with van der Waals surface area (Å²) in [5.74, 6) is -1.98. The number of carbonyl (C=O) groups excluding carboxylic acids is 1. The Morgan fingerprint density at radius 3 is 2.68 bits per heavy atom. The van der Waals surface area contributed by atoms with Crippen molar-refractivity contribution in [1.82, 2.24) is 9.58 Å². The molecule has 1 amide bonds. The summed E-state index contributed by atoms with van der Waals surface area (Å²) < 4.78 is 30.8. The number of carbonyl (C=O) groups is 1. The van der Waals surface area contributed by atoms with Gasteiger partial charge in [-0.3, -0.25) is 19.3 Å². The van der Waals surface area contributed by atoms with Gasteiger partial charge in [0.1, 0.15) is 6.17 Å². The first-order chi connectivity index (χ1) is 18.4. The van der Waals surface area contributed by atoms with Gasteiger partial charge >= 0.3 is 0 Å². The lowest BCUT2D eigenvalue weighted by Gasteiger charge is -2.53. The van der Waals surface area contributed by atoms with E-state index in [1.54, 1.807) is 21.3 Å². The quantitative estimate of drug-likeness (QED) is 0.473. The Morgan fingerprint density at radius 1 is 1.08 bits per heavy atom. The number of pyridine rings is 1. The molecule has 198 valence electrons. The van der Waals surface area contributed by atoms with Gasteiger partial charge in [-0.25, -0.2) is 8.78 Å². The summed E-state index contributed by atoms with van der Waals surface area (Å²) in [6, 6.07) is 11.0. The van der Waals surface area contributed by atoms with Gasteiger partial charge < -0.3 is 10.0 Å². The zero-order valence-electron chi connectivity index (χ0n) is 21.1. The maximum atomic E-state index is 14.8. The molecule has 38 heavy (non-hydrogen) atoms. The van der Waals surface area contributed by atoms with Gasteiger partial charge in [-0.15, -0.1) is 11.8 Å². The highest BCUT2D eigenvalue weighted by molar-refractivity contribution is 7.98. The number of hydrogen-bond donors (Lipinski definition) is 1. The van der Waals surface area contributed by atoms with Crippen LogP contribution in [0.4, 0.5) is 8.78 Å². The number of piperidine rings is 1. The van der Waals surface area contributed by atoms with Crippen LogP contribution in [0.15, 0.2) is 58.4 Å². The van der Waals surface area contributed by atoms with Crippen molar-refractivity contribution >= 4 is 17.7 Å². The fourth-order valence-electron chi connectivity index (χ4n) is 6.17. The van der Waals surface area contributed by atoms with E-state index in [0.29, 0.717) is 35.8 Å². The fraction of sp³-hybridized carbons (Fsp3) is 0.379. The van der Waals surface area contributed by atoms with Crippen LogP contribution in [-0.2, 0) is 5.75 Å². The van der Waals surface area contributed by atoms with Gasteiger partial charge in [-0.05, 0) is 53.6 Å². The zero-order valence-corrected chi connectivity index (χ0v) is 21.9. The highest BCUT2D eigenvalue weighted by Crippen LogP contribution is 2.46. The number of nitrogens with zero attached hydrogens (tertiary/aromatic N) is 3. The number of amides is 1. The Balaban J connectivity index is 1.61. The maximum Gasteiger partial charge on any atom is 0.278 e. The number of rotatable bonds is 4. The summed E-state index contributed by atoms with van der Waals surface area (Å²) in [4.78, 5) is 28.8. The van der Waals surface area contributed by atoms with Gasteiger partial charge in [0.25, 0.3) is 5.91 Å². The molecular formula is C29H29F2N3O3S. The number of benzene rings is 2. The Kier molecular flexibility index (Phi) is 6.42. The molecule has 3 aliphatic rings. The van der Waals surface area contributed by atoms with Crippen LogP contribution in [0.5, 0.6) is 5.75 Å². The molecule has 3 unspecified atom stereocenters. The van der Waals surface area contributed by atoms with Gasteiger partial charge in [-0.1, -0.05) is 44.4 Å². The van der Waals surface area contributed by atoms with E-state index in [1.165, 1.54) is 24.4 Å². The third kappa shape index (κ3) is 3.99. The lowest BCUT2D eigenvalue weighted by atomic mass is 9.87. The average molecular weight is 538 g/mol. The molecule has 6 nitrogen and oxygen atoms in total. The van der Waals surface area contributed by atoms with E-state index in [9.17, 15) is 23.5 Å². The molecule has 3 aliphatic heterocycles. The molecule has 1 aromatic heterocycles. The fourth-order valence-corrected chi connectivity index (χ4v) is 7.25. The van der Waals surface area contributed by atoms with Crippen molar-refractivity contribution < 1.29 is 18.7 Å². The lowest BCUT2D eigenvalue weighted by molar-refractivity contribution is 0.0367. The van der Waals surface area contributed by atoms with Gasteiger partial charge in [0.2, 0.25) is 5.43 Å². The molecule has 0 aliphatic carbocycles. The minimum atomic E-state index is -0.935. The van der Waals surface area contributed by atoms with Crippen LogP contribution < -0.4 is 10.4 Å². The van der Waals surface area contributed by atoms with Crippen LogP contribution in [0.25, 0.3) is 0 Å². The zero-order chi connectivity index (χ0) is 26.6. The van der Waals surface area contributed by atoms with E-state index in [0.717, 1.165) is 36.1 Å². The van der Waals surface area contributed by atoms with Crippen LogP contribution in [0.1, 0.15) is 72.2 Å². The van der Waals surface area contributed by atoms with E-state index < -0.39 is 40.9 Å². The number of unbranched alkanes of at least 4 members (excludes halogenated alkanes) is 1. The van der Waals surface area contributed by atoms with Gasteiger partial charge in [-0.2, -0.15) is 0 Å². The normalized spacial score (nSPS) is 22.3. The standard InChI is InChI=1S/C29H29F2N3O3S/c1-2-3-6-17-9-11-32-25(13-17)34(33-12-10-23(35)28(36)27(33)29(32)37)26-19-7-4-5-8-24(19)38-16-18-14-21(30)22(31)15-20(18)26/h4-5,7-8,10,12,14-15,17,25-26,36H,2-3,6,9,11,13,16H2,1H3. The number of fused-ring (bicyclic) bond motifs is 4. The molecule has 1 saturated heterocycles. The molecule has 1 fully saturated rings. The minimum absolute atomic E-state index is 0.0979. The molecule has 0 spiro atoms. The van der Waals surface area contributed by atoms with E-state index in [1.807, 2.05) is 29.3 Å². The predicted octanol–water partition coefficient (Wildman–Crippen LogP) is 5.55. The highest BCUT2D eigenvalue weighted by Gasteiger charge is 2.47. The molecular weight excluding hydrogens is 508 g/mol. The van der Waals surface area contributed by atoms with Crippen LogP contribution in [0.3, 0.4) is 0 Å². The summed E-state index contributed by atoms with van der Waals surface area (Å²) in [5, 5.41) is 12.8. The lowest BCUT2D eigenvalue weighted by Crippen LogP contribution is -2.64. The van der Waals surface area contributed by atoms with Crippen molar-refractivity contribution in [3.63, 3.8) is 0 Å². The molecule has 6 rings (SSSR count). The van der Waals surface area contributed by atoms with Crippen LogP contribution in [0, 0.1) is 17.6 Å². The van der Waals surface area contributed by atoms with Gasteiger partial charge in [0.15, 0.2) is 23.1 Å². The maximum absolute atomic E-state index is 14.8. The number of halogens is 2. The average Bonchev–Trinajstić information content (AvgIpc) is 3.07. The molecule has 0 saturated carbocycles. The second-order valence-electron chi connectivity index (χ2n) is 10.3. The van der Waals surface area contributed by atoms with Crippen LogP contribution in [-0.4, -0.2) is 33.3 Å². The Morgan fingerprint density at radius 2 is 1.87 bits per heavy atom. The van der Waals surface area contributed by atoms with E-state index in [2.05, 4.69) is 6.92 Å². The first-order valence-electron chi connectivity index (χ1n) is 13.1. The van der Waals surface area contributed by atoms with Crippen molar-refractivity contribution in [2.75, 3.05) is 11.6 Å². The highest BCUT2D eigenvalue weighted by atomic mass is 32.2. The number of hydrogen-bond acceptors (Lipinski definition) is 5. The molecule has 0 bridgehead atoms. The summed E-state index contributed by atoms with van der Waals surface area (Å²) in [6.07, 6.45) is 5.86. The van der Waals surface area contributed by atoms with E-state index in [4.69, 9.17) is 0 Å². The summed E-state index contributed by atoms with van der Waals surface area (Å²) in [5.41, 5.74) is 1.45. The Labute approximate surface area is 223 Å². The molecule has 3 atom stereocenters.